The normalized spacial score (nSPS) is 20.5. The molecular formula is C20H22ClNO2. The molecule has 0 aliphatic heterocycles. The molecule has 1 aliphatic rings. The Labute approximate surface area is 147 Å². The number of fused-ring (bicyclic) bond motifs is 1. The number of amides is 1. The lowest BCUT2D eigenvalue weighted by molar-refractivity contribution is -0.128. The number of benzene rings is 2. The molecule has 3 nitrogen and oxygen atoms in total. The highest BCUT2D eigenvalue weighted by molar-refractivity contribution is 6.31. The molecule has 126 valence electrons. The van der Waals surface area contributed by atoms with Crippen molar-refractivity contribution in [2.24, 2.45) is 0 Å². The lowest BCUT2D eigenvalue weighted by Gasteiger charge is -2.30. The molecule has 0 aromatic heterocycles. The van der Waals surface area contributed by atoms with Crippen molar-refractivity contribution in [1.82, 2.24) is 5.32 Å². The quantitative estimate of drug-likeness (QED) is 0.867. The van der Waals surface area contributed by atoms with E-state index >= 15 is 0 Å². The highest BCUT2D eigenvalue weighted by Crippen LogP contribution is 2.44. The average molecular weight is 344 g/mol. The summed E-state index contributed by atoms with van der Waals surface area (Å²) in [6.07, 6.45) is 2.27. The van der Waals surface area contributed by atoms with Gasteiger partial charge in [0.2, 0.25) is 5.91 Å². The monoisotopic (exact) mass is 343 g/mol. The zero-order valence-electron chi connectivity index (χ0n) is 13.8. The molecule has 0 bridgehead atoms. The highest BCUT2D eigenvalue weighted by atomic mass is 35.5. The number of nitrogens with one attached hydrogen (secondary N) is 1. The third kappa shape index (κ3) is 2.83. The summed E-state index contributed by atoms with van der Waals surface area (Å²) in [5.74, 6) is -0.0334. The van der Waals surface area contributed by atoms with E-state index in [4.69, 9.17) is 11.6 Å². The number of hydrogen-bond donors (Lipinski definition) is 2. The summed E-state index contributed by atoms with van der Waals surface area (Å²) in [6, 6.07) is 15.0. The van der Waals surface area contributed by atoms with Crippen molar-refractivity contribution < 1.29 is 9.90 Å². The van der Waals surface area contributed by atoms with Crippen LogP contribution < -0.4 is 5.32 Å². The van der Waals surface area contributed by atoms with Gasteiger partial charge in [0, 0.05) is 5.02 Å². The van der Waals surface area contributed by atoms with Crippen molar-refractivity contribution in [2.45, 2.75) is 37.6 Å². The van der Waals surface area contributed by atoms with Crippen LogP contribution >= 0.6 is 11.6 Å². The van der Waals surface area contributed by atoms with Crippen LogP contribution in [0, 0.1) is 0 Å². The van der Waals surface area contributed by atoms with Gasteiger partial charge in [-0.2, -0.15) is 0 Å². The van der Waals surface area contributed by atoms with Gasteiger partial charge in [0.1, 0.15) is 0 Å². The number of halogens is 1. The van der Waals surface area contributed by atoms with Gasteiger partial charge in [0.05, 0.1) is 18.1 Å². The Kier molecular flexibility index (Phi) is 4.93. The molecule has 1 amide bonds. The SMILES string of the molecule is CC[C@@]1(C(=O)NC(CO)c2ccccc2)CCc2c(Cl)cccc21. The van der Waals surface area contributed by atoms with E-state index in [0.717, 1.165) is 34.6 Å². The minimum absolute atomic E-state index is 0.0334. The zero-order chi connectivity index (χ0) is 17.2. The summed E-state index contributed by atoms with van der Waals surface area (Å²) in [5, 5.41) is 13.5. The fraction of sp³-hybridized carbons (Fsp3) is 0.350. The molecule has 2 aromatic rings. The first-order valence-corrected chi connectivity index (χ1v) is 8.75. The van der Waals surface area contributed by atoms with Gasteiger partial charge in [-0.05, 0) is 42.0 Å². The van der Waals surface area contributed by atoms with Crippen LogP contribution in [0.25, 0.3) is 0 Å². The van der Waals surface area contributed by atoms with Crippen molar-refractivity contribution in [3.8, 4) is 0 Å². The van der Waals surface area contributed by atoms with Gasteiger partial charge in [-0.25, -0.2) is 0 Å². The van der Waals surface area contributed by atoms with Crippen LogP contribution in [0.15, 0.2) is 48.5 Å². The molecule has 3 rings (SSSR count). The van der Waals surface area contributed by atoms with E-state index in [0.29, 0.717) is 6.42 Å². The number of carbonyl (C=O) groups excluding carboxylic acids is 1. The Morgan fingerprint density at radius 1 is 1.25 bits per heavy atom. The van der Waals surface area contributed by atoms with E-state index in [9.17, 15) is 9.90 Å². The van der Waals surface area contributed by atoms with E-state index < -0.39 is 11.5 Å². The van der Waals surface area contributed by atoms with Crippen LogP contribution in [0.1, 0.15) is 42.5 Å². The molecule has 2 atom stereocenters. The van der Waals surface area contributed by atoms with Gasteiger partial charge >= 0.3 is 0 Å². The van der Waals surface area contributed by atoms with Gasteiger partial charge in [0.15, 0.2) is 0 Å². The standard InChI is InChI=1S/C20H22ClNO2/c1-2-20(12-11-15-16(20)9-6-10-17(15)21)19(24)22-18(13-23)14-7-4-3-5-8-14/h3-10,18,23H,2,11-13H2,1H3,(H,22,24)/t18?,20-/m1/s1. The van der Waals surface area contributed by atoms with E-state index in [1.165, 1.54) is 0 Å². The molecule has 1 unspecified atom stereocenters. The van der Waals surface area contributed by atoms with E-state index in [1.807, 2.05) is 55.5 Å². The van der Waals surface area contributed by atoms with Gasteiger partial charge in [-0.1, -0.05) is 61.0 Å². The van der Waals surface area contributed by atoms with Crippen LogP contribution in [0.2, 0.25) is 5.02 Å². The number of carbonyl (C=O) groups is 1. The summed E-state index contributed by atoms with van der Waals surface area (Å²) < 4.78 is 0. The maximum absolute atomic E-state index is 13.1. The zero-order valence-corrected chi connectivity index (χ0v) is 14.5. The van der Waals surface area contributed by atoms with Crippen LogP contribution in [0.4, 0.5) is 0 Å². The smallest absolute Gasteiger partial charge is 0.231 e. The molecule has 0 fully saturated rings. The van der Waals surface area contributed by atoms with Gasteiger partial charge in [-0.3, -0.25) is 4.79 Å². The lowest BCUT2D eigenvalue weighted by atomic mass is 9.78. The predicted molar refractivity (Wildman–Crippen MR) is 96.2 cm³/mol. The Morgan fingerprint density at radius 3 is 2.67 bits per heavy atom. The molecule has 1 aliphatic carbocycles. The lowest BCUT2D eigenvalue weighted by Crippen LogP contribution is -2.45. The molecule has 4 heteroatoms. The second-order valence-electron chi connectivity index (χ2n) is 6.32. The van der Waals surface area contributed by atoms with Crippen LogP contribution in [-0.4, -0.2) is 17.6 Å². The summed E-state index contributed by atoms with van der Waals surface area (Å²) in [5.41, 5.74) is 2.45. The van der Waals surface area contributed by atoms with Crippen molar-refractivity contribution >= 4 is 17.5 Å². The van der Waals surface area contributed by atoms with Crippen molar-refractivity contribution in [3.05, 3.63) is 70.2 Å². The Balaban J connectivity index is 1.90. The Hall–Kier alpha value is -1.84. The molecule has 0 spiro atoms. The fourth-order valence-electron chi connectivity index (χ4n) is 3.71. The largest absolute Gasteiger partial charge is 0.394 e. The molecule has 0 saturated heterocycles. The van der Waals surface area contributed by atoms with Crippen molar-refractivity contribution in [3.63, 3.8) is 0 Å². The third-order valence-corrected chi connectivity index (χ3v) is 5.52. The van der Waals surface area contributed by atoms with Gasteiger partial charge < -0.3 is 10.4 Å². The average Bonchev–Trinajstić information content (AvgIpc) is 3.01. The molecule has 2 aromatic carbocycles. The maximum atomic E-state index is 13.1. The first-order valence-electron chi connectivity index (χ1n) is 8.37. The van der Waals surface area contributed by atoms with E-state index in [1.54, 1.807) is 0 Å². The van der Waals surface area contributed by atoms with Crippen LogP contribution in [-0.2, 0) is 16.6 Å². The number of hydrogen-bond acceptors (Lipinski definition) is 2. The second kappa shape index (κ2) is 6.96. The van der Waals surface area contributed by atoms with Crippen LogP contribution in [0.3, 0.4) is 0 Å². The summed E-state index contributed by atoms with van der Waals surface area (Å²) in [7, 11) is 0. The van der Waals surface area contributed by atoms with Crippen LogP contribution in [0.5, 0.6) is 0 Å². The van der Waals surface area contributed by atoms with E-state index in [2.05, 4.69) is 5.32 Å². The summed E-state index contributed by atoms with van der Waals surface area (Å²) in [4.78, 5) is 13.1. The predicted octanol–water partition coefficient (Wildman–Crippen LogP) is 3.78. The van der Waals surface area contributed by atoms with Crippen molar-refractivity contribution in [1.29, 1.82) is 0 Å². The minimum atomic E-state index is -0.567. The molecule has 24 heavy (non-hydrogen) atoms. The minimum Gasteiger partial charge on any atom is -0.394 e. The van der Waals surface area contributed by atoms with E-state index in [-0.39, 0.29) is 12.5 Å². The number of aliphatic hydroxyl groups is 1. The second-order valence-corrected chi connectivity index (χ2v) is 6.73. The Morgan fingerprint density at radius 2 is 2.00 bits per heavy atom. The Bertz CT molecular complexity index is 732. The molecular weight excluding hydrogens is 322 g/mol. The molecule has 0 saturated carbocycles. The topological polar surface area (TPSA) is 49.3 Å². The number of aliphatic hydroxyl groups excluding tert-OH is 1. The van der Waals surface area contributed by atoms with Gasteiger partial charge in [-0.15, -0.1) is 0 Å². The molecule has 0 radical (unpaired) electrons. The first-order chi connectivity index (χ1) is 11.6. The highest BCUT2D eigenvalue weighted by Gasteiger charge is 2.44. The molecule has 2 N–H and O–H groups in total. The summed E-state index contributed by atoms with van der Waals surface area (Å²) in [6.45, 7) is 1.91. The maximum Gasteiger partial charge on any atom is 0.231 e. The first kappa shape index (κ1) is 17.0. The number of rotatable bonds is 5. The fourth-order valence-corrected chi connectivity index (χ4v) is 3.98. The molecule has 0 heterocycles. The third-order valence-electron chi connectivity index (χ3n) is 5.16. The van der Waals surface area contributed by atoms with Gasteiger partial charge in [0.25, 0.3) is 0 Å². The van der Waals surface area contributed by atoms with Crippen molar-refractivity contribution in [2.75, 3.05) is 6.61 Å². The summed E-state index contributed by atoms with van der Waals surface area (Å²) >= 11 is 6.32.